The molecule has 0 bridgehead atoms. The number of amides is 1. The van der Waals surface area contributed by atoms with Gasteiger partial charge in [0.2, 0.25) is 5.91 Å². The molecule has 0 unspecified atom stereocenters. The van der Waals surface area contributed by atoms with Gasteiger partial charge in [-0.25, -0.2) is 4.98 Å². The molecular formula is C18H24N4O3. The number of hydrogen-bond donors (Lipinski definition) is 1. The first-order valence-electron chi connectivity index (χ1n) is 8.04. The minimum absolute atomic E-state index is 0.0600. The average molecular weight is 344 g/mol. The van der Waals surface area contributed by atoms with Gasteiger partial charge in [0.25, 0.3) is 0 Å². The van der Waals surface area contributed by atoms with Gasteiger partial charge in [0.05, 0.1) is 19.8 Å². The smallest absolute Gasteiger partial charge is 0.246 e. The van der Waals surface area contributed by atoms with E-state index in [1.54, 1.807) is 25.1 Å². The Balaban J connectivity index is 2.03. The van der Waals surface area contributed by atoms with E-state index in [4.69, 9.17) is 9.47 Å². The van der Waals surface area contributed by atoms with Crippen molar-refractivity contribution in [2.75, 3.05) is 14.2 Å². The first-order chi connectivity index (χ1) is 11.9. The van der Waals surface area contributed by atoms with E-state index in [1.807, 2.05) is 39.0 Å². The molecule has 0 aliphatic rings. The monoisotopic (exact) mass is 344 g/mol. The van der Waals surface area contributed by atoms with Crippen LogP contribution in [0.4, 0.5) is 0 Å². The number of H-pyrrole nitrogens is 1. The highest BCUT2D eigenvalue weighted by molar-refractivity contribution is 5.91. The number of likely N-dealkylation sites (N-methyl/N-ethyl adjacent to an activating group) is 1. The third-order valence-corrected chi connectivity index (χ3v) is 3.37. The van der Waals surface area contributed by atoms with Crippen LogP contribution in [0.15, 0.2) is 24.3 Å². The standard InChI is InChI=1S/C18H24N4O3/c1-12(2)25-15-8-6-14(10-16(15)24-5)7-9-18(23)22(4)11-17-19-13(3)20-21-17/h6-10,12H,11H2,1-5H3,(H,19,20,21)/b9-7-. The molecule has 1 aromatic heterocycles. The molecule has 7 nitrogen and oxygen atoms in total. The lowest BCUT2D eigenvalue weighted by atomic mass is 10.2. The van der Waals surface area contributed by atoms with Gasteiger partial charge in [0, 0.05) is 13.1 Å². The predicted molar refractivity (Wildman–Crippen MR) is 95.4 cm³/mol. The zero-order valence-corrected chi connectivity index (χ0v) is 15.2. The fourth-order valence-corrected chi connectivity index (χ4v) is 2.18. The molecule has 1 aromatic carbocycles. The molecule has 2 rings (SSSR count). The Morgan fingerprint density at radius 2 is 2.12 bits per heavy atom. The number of carbonyl (C=O) groups is 1. The summed E-state index contributed by atoms with van der Waals surface area (Å²) in [5.74, 6) is 2.48. The highest BCUT2D eigenvalue weighted by Crippen LogP contribution is 2.29. The van der Waals surface area contributed by atoms with E-state index in [1.165, 1.54) is 6.08 Å². The van der Waals surface area contributed by atoms with Crippen molar-refractivity contribution in [2.45, 2.75) is 33.4 Å². The van der Waals surface area contributed by atoms with Crippen molar-refractivity contribution >= 4 is 12.0 Å². The summed E-state index contributed by atoms with van der Waals surface area (Å²) in [5, 5.41) is 6.79. The third kappa shape index (κ3) is 5.34. The fraction of sp³-hybridized carbons (Fsp3) is 0.389. The second-order valence-electron chi connectivity index (χ2n) is 5.94. The van der Waals surface area contributed by atoms with Gasteiger partial charge in [-0.15, -0.1) is 0 Å². The Morgan fingerprint density at radius 3 is 2.72 bits per heavy atom. The molecule has 134 valence electrons. The maximum Gasteiger partial charge on any atom is 0.246 e. The van der Waals surface area contributed by atoms with Crippen LogP contribution in [0.5, 0.6) is 11.5 Å². The van der Waals surface area contributed by atoms with Crippen LogP contribution in [0.3, 0.4) is 0 Å². The maximum atomic E-state index is 12.2. The molecule has 0 atom stereocenters. The van der Waals surface area contributed by atoms with Gasteiger partial charge in [0.1, 0.15) is 5.82 Å². The second-order valence-corrected chi connectivity index (χ2v) is 5.94. The number of hydrogen-bond acceptors (Lipinski definition) is 5. The topological polar surface area (TPSA) is 80.3 Å². The van der Waals surface area contributed by atoms with Gasteiger partial charge in [0.15, 0.2) is 17.3 Å². The van der Waals surface area contributed by atoms with Crippen molar-refractivity contribution in [3.63, 3.8) is 0 Å². The maximum absolute atomic E-state index is 12.2. The predicted octanol–water partition coefficient (Wildman–Crippen LogP) is 2.58. The summed E-state index contributed by atoms with van der Waals surface area (Å²) in [6.07, 6.45) is 3.31. The number of aromatic amines is 1. The molecule has 0 radical (unpaired) electrons. The quantitative estimate of drug-likeness (QED) is 0.781. The molecular weight excluding hydrogens is 320 g/mol. The molecule has 1 heterocycles. The van der Waals surface area contributed by atoms with E-state index in [-0.39, 0.29) is 12.0 Å². The normalized spacial score (nSPS) is 11.1. The lowest BCUT2D eigenvalue weighted by molar-refractivity contribution is -0.125. The van der Waals surface area contributed by atoms with Crippen molar-refractivity contribution in [3.8, 4) is 11.5 Å². The van der Waals surface area contributed by atoms with E-state index >= 15 is 0 Å². The molecule has 7 heteroatoms. The lowest BCUT2D eigenvalue weighted by Crippen LogP contribution is -2.24. The van der Waals surface area contributed by atoms with Gasteiger partial charge in [-0.2, -0.15) is 5.10 Å². The van der Waals surface area contributed by atoms with Crippen LogP contribution in [-0.2, 0) is 11.3 Å². The van der Waals surface area contributed by atoms with Crippen molar-refractivity contribution in [1.29, 1.82) is 0 Å². The van der Waals surface area contributed by atoms with Crippen LogP contribution in [0.1, 0.15) is 31.1 Å². The zero-order chi connectivity index (χ0) is 18.4. The van der Waals surface area contributed by atoms with Gasteiger partial charge in [-0.05, 0) is 44.5 Å². The summed E-state index contributed by atoms with van der Waals surface area (Å²) in [6.45, 7) is 6.07. The number of aryl methyl sites for hydroxylation is 1. The average Bonchev–Trinajstić information content (AvgIpc) is 2.97. The summed E-state index contributed by atoms with van der Waals surface area (Å²) in [7, 11) is 3.30. The Morgan fingerprint density at radius 1 is 1.36 bits per heavy atom. The first kappa shape index (κ1) is 18.5. The van der Waals surface area contributed by atoms with E-state index in [0.717, 1.165) is 11.4 Å². The number of methoxy groups -OCH3 is 1. The van der Waals surface area contributed by atoms with E-state index in [9.17, 15) is 4.79 Å². The zero-order valence-electron chi connectivity index (χ0n) is 15.2. The van der Waals surface area contributed by atoms with Crippen molar-refractivity contribution in [3.05, 3.63) is 41.5 Å². The molecule has 0 fully saturated rings. The number of carbonyl (C=O) groups excluding carboxylic acids is 1. The molecule has 0 aliphatic carbocycles. The van der Waals surface area contributed by atoms with Crippen LogP contribution in [0.2, 0.25) is 0 Å². The Bertz CT molecular complexity index is 753. The van der Waals surface area contributed by atoms with Crippen LogP contribution >= 0.6 is 0 Å². The molecule has 0 aliphatic heterocycles. The number of aromatic nitrogens is 3. The largest absolute Gasteiger partial charge is 0.493 e. The minimum atomic E-state index is -0.135. The van der Waals surface area contributed by atoms with Crippen LogP contribution in [-0.4, -0.2) is 46.2 Å². The van der Waals surface area contributed by atoms with Gasteiger partial charge in [-0.1, -0.05) is 6.07 Å². The lowest BCUT2D eigenvalue weighted by Gasteiger charge is -2.14. The summed E-state index contributed by atoms with van der Waals surface area (Å²) in [4.78, 5) is 18.0. The van der Waals surface area contributed by atoms with Gasteiger partial charge < -0.3 is 14.4 Å². The molecule has 0 saturated carbocycles. The number of nitrogens with zero attached hydrogens (tertiary/aromatic N) is 3. The van der Waals surface area contributed by atoms with Gasteiger partial charge >= 0.3 is 0 Å². The Labute approximate surface area is 147 Å². The van der Waals surface area contributed by atoms with E-state index < -0.39 is 0 Å². The second kappa shape index (κ2) is 8.32. The third-order valence-electron chi connectivity index (χ3n) is 3.37. The van der Waals surface area contributed by atoms with E-state index in [0.29, 0.717) is 23.9 Å². The molecule has 25 heavy (non-hydrogen) atoms. The van der Waals surface area contributed by atoms with E-state index in [2.05, 4.69) is 15.2 Å². The van der Waals surface area contributed by atoms with Crippen molar-refractivity contribution in [2.24, 2.45) is 0 Å². The fourth-order valence-electron chi connectivity index (χ4n) is 2.18. The van der Waals surface area contributed by atoms with Crippen molar-refractivity contribution < 1.29 is 14.3 Å². The summed E-state index contributed by atoms with van der Waals surface area (Å²) >= 11 is 0. The molecule has 1 N–H and O–H groups in total. The van der Waals surface area contributed by atoms with Crippen LogP contribution in [0.25, 0.3) is 6.08 Å². The first-order valence-corrected chi connectivity index (χ1v) is 8.04. The Hall–Kier alpha value is -2.83. The molecule has 1 amide bonds. The summed E-state index contributed by atoms with van der Waals surface area (Å²) < 4.78 is 11.0. The molecule has 0 saturated heterocycles. The number of rotatable bonds is 7. The van der Waals surface area contributed by atoms with Crippen LogP contribution < -0.4 is 9.47 Å². The molecule has 0 spiro atoms. The highest BCUT2D eigenvalue weighted by atomic mass is 16.5. The highest BCUT2D eigenvalue weighted by Gasteiger charge is 2.10. The Kier molecular flexibility index (Phi) is 6.16. The minimum Gasteiger partial charge on any atom is -0.493 e. The van der Waals surface area contributed by atoms with Crippen LogP contribution in [0, 0.1) is 6.92 Å². The van der Waals surface area contributed by atoms with Gasteiger partial charge in [-0.3, -0.25) is 9.89 Å². The number of ether oxygens (including phenoxy) is 2. The summed E-state index contributed by atoms with van der Waals surface area (Å²) in [5.41, 5.74) is 0.850. The number of benzene rings is 1. The SMILES string of the molecule is COc1cc(/C=C\C(=O)N(C)Cc2n[nH]c(C)n2)ccc1OC(C)C. The van der Waals surface area contributed by atoms with Crippen molar-refractivity contribution in [1.82, 2.24) is 20.1 Å². The summed E-state index contributed by atoms with van der Waals surface area (Å²) in [6, 6.07) is 5.55. The number of nitrogens with one attached hydrogen (secondary N) is 1. The molecule has 2 aromatic rings.